The van der Waals surface area contributed by atoms with Gasteiger partial charge < -0.3 is 10.1 Å². The molecule has 1 atom stereocenters. The highest BCUT2D eigenvalue weighted by molar-refractivity contribution is 9.09. The van der Waals surface area contributed by atoms with Gasteiger partial charge in [-0.15, -0.1) is 0 Å². The van der Waals surface area contributed by atoms with Gasteiger partial charge in [0.1, 0.15) is 22.2 Å². The van der Waals surface area contributed by atoms with Crippen LogP contribution < -0.4 is 10.1 Å². The first-order valence-electron chi connectivity index (χ1n) is 5.73. The Morgan fingerprint density at radius 1 is 1.47 bits per heavy atom. The molecule has 1 unspecified atom stereocenters. The van der Waals surface area contributed by atoms with E-state index in [9.17, 15) is 13.2 Å². The molecule has 0 aromatic heterocycles. The van der Waals surface area contributed by atoms with Gasteiger partial charge in [-0.3, -0.25) is 4.79 Å². The van der Waals surface area contributed by atoms with Crippen LogP contribution in [-0.4, -0.2) is 39.5 Å². The second kappa shape index (κ2) is 5.50. The van der Waals surface area contributed by atoms with Crippen LogP contribution in [0.2, 0.25) is 0 Å². The van der Waals surface area contributed by atoms with Crippen molar-refractivity contribution in [2.45, 2.75) is 4.83 Å². The molecule has 0 fully saturated rings. The van der Waals surface area contributed by atoms with Gasteiger partial charge in [-0.25, -0.2) is 8.42 Å². The van der Waals surface area contributed by atoms with Gasteiger partial charge in [-0.05, 0) is 17.7 Å². The summed E-state index contributed by atoms with van der Waals surface area (Å²) in [6.45, 7) is 0.892. The van der Waals surface area contributed by atoms with Crippen LogP contribution in [0.5, 0.6) is 5.75 Å². The molecule has 0 spiro atoms. The van der Waals surface area contributed by atoms with E-state index in [1.54, 1.807) is 18.2 Å². The average molecular weight is 348 g/mol. The summed E-state index contributed by atoms with van der Waals surface area (Å²) in [7, 11) is -3.09. The highest BCUT2D eigenvalue weighted by atomic mass is 79.9. The zero-order valence-electron chi connectivity index (χ0n) is 10.3. The minimum atomic E-state index is -3.09. The first kappa shape index (κ1) is 14.3. The molecule has 7 heteroatoms. The molecule has 0 saturated heterocycles. The van der Waals surface area contributed by atoms with E-state index in [4.69, 9.17) is 4.74 Å². The highest BCUT2D eigenvalue weighted by Crippen LogP contribution is 2.29. The lowest BCUT2D eigenvalue weighted by Crippen LogP contribution is -2.24. The van der Waals surface area contributed by atoms with E-state index >= 15 is 0 Å². The van der Waals surface area contributed by atoms with Crippen molar-refractivity contribution >= 4 is 31.7 Å². The van der Waals surface area contributed by atoms with E-state index in [2.05, 4.69) is 21.2 Å². The number of carbonyl (C=O) groups is 1. The molecule has 2 rings (SSSR count). The van der Waals surface area contributed by atoms with Gasteiger partial charge in [-0.1, -0.05) is 22.0 Å². The molecular formula is C12H14BrNO4S. The zero-order chi connectivity index (χ0) is 14.0. The van der Waals surface area contributed by atoms with Crippen molar-refractivity contribution < 1.29 is 17.9 Å². The molecule has 1 aromatic carbocycles. The summed E-state index contributed by atoms with van der Waals surface area (Å²) in [5, 5.41) is 2.72. The largest absolute Gasteiger partial charge is 0.491 e. The number of rotatable bonds is 3. The number of fused-ring (bicyclic) bond motifs is 1. The summed E-state index contributed by atoms with van der Waals surface area (Å²) in [6.07, 6.45) is 1.18. The summed E-state index contributed by atoms with van der Waals surface area (Å²) < 4.78 is 28.0. The molecule has 104 valence electrons. The maximum absolute atomic E-state index is 11.8. The van der Waals surface area contributed by atoms with Crippen molar-refractivity contribution in [3.8, 4) is 5.75 Å². The fourth-order valence-electron chi connectivity index (χ4n) is 1.83. The minimum absolute atomic E-state index is 0.0196. The maximum atomic E-state index is 11.8. The van der Waals surface area contributed by atoms with Gasteiger partial charge in [0, 0.05) is 6.26 Å². The third-order valence-electron chi connectivity index (χ3n) is 2.70. The highest BCUT2D eigenvalue weighted by Gasteiger charge is 2.20. The van der Waals surface area contributed by atoms with Crippen LogP contribution in [0.3, 0.4) is 0 Å². The van der Waals surface area contributed by atoms with E-state index in [1.807, 2.05) is 0 Å². The van der Waals surface area contributed by atoms with Crippen LogP contribution in [0.25, 0.3) is 0 Å². The summed E-state index contributed by atoms with van der Waals surface area (Å²) in [5.41, 5.74) is 1.18. The summed E-state index contributed by atoms with van der Waals surface area (Å²) in [6, 6.07) is 5.13. The van der Waals surface area contributed by atoms with E-state index in [1.165, 1.54) is 6.26 Å². The predicted octanol–water partition coefficient (Wildman–Crippen LogP) is 1.29. The number of nitrogens with one attached hydrogen (secondary N) is 1. The Balaban J connectivity index is 2.32. The van der Waals surface area contributed by atoms with Crippen molar-refractivity contribution in [3.63, 3.8) is 0 Å². The molecule has 1 aromatic rings. The Morgan fingerprint density at radius 2 is 2.21 bits per heavy atom. The van der Waals surface area contributed by atoms with Crippen molar-refractivity contribution in [2.75, 3.05) is 25.2 Å². The predicted molar refractivity (Wildman–Crippen MR) is 75.6 cm³/mol. The Labute approximate surface area is 120 Å². The Morgan fingerprint density at radius 3 is 2.89 bits per heavy atom. The topological polar surface area (TPSA) is 72.5 Å². The molecule has 5 nitrogen and oxygen atoms in total. The third kappa shape index (κ3) is 3.70. The molecule has 1 aliphatic rings. The second-order valence-corrected chi connectivity index (χ2v) is 7.71. The Bertz CT molecular complexity index is 600. The molecule has 1 heterocycles. The first-order chi connectivity index (χ1) is 8.87. The number of ether oxygens (including phenoxy) is 1. The van der Waals surface area contributed by atoms with Crippen molar-refractivity contribution in [3.05, 3.63) is 29.3 Å². The van der Waals surface area contributed by atoms with E-state index in [-0.39, 0.29) is 16.5 Å². The number of benzene rings is 1. The van der Waals surface area contributed by atoms with Crippen molar-refractivity contribution in [1.29, 1.82) is 0 Å². The fraction of sp³-hybridized carbons (Fsp3) is 0.417. The number of alkyl halides is 1. The second-order valence-electron chi connectivity index (χ2n) is 4.42. The molecule has 1 aliphatic heterocycles. The van der Waals surface area contributed by atoms with Gasteiger partial charge in [0.15, 0.2) is 0 Å². The lowest BCUT2D eigenvalue weighted by atomic mass is 10.1. The lowest BCUT2D eigenvalue weighted by molar-refractivity contribution is 0.0957. The molecule has 0 radical (unpaired) electrons. The number of hydrogen-bond donors (Lipinski definition) is 1. The van der Waals surface area contributed by atoms with Gasteiger partial charge in [0.05, 0.1) is 22.7 Å². The number of sulfone groups is 1. The molecule has 19 heavy (non-hydrogen) atoms. The zero-order valence-corrected chi connectivity index (χ0v) is 12.8. The smallest absolute Gasteiger partial charge is 0.255 e. The monoisotopic (exact) mass is 347 g/mol. The Hall–Kier alpha value is -1.08. The lowest BCUT2D eigenvalue weighted by Gasteiger charge is -2.12. The standard InChI is InChI=1S/C12H14BrNO4S/c1-19(16,17)7-10(13)8-2-3-11-9(6-8)12(15)14-4-5-18-11/h2-3,6,10H,4-5,7H2,1H3,(H,14,15). The molecule has 1 N–H and O–H groups in total. The molecule has 0 bridgehead atoms. The number of halogens is 1. The van der Waals surface area contributed by atoms with Gasteiger partial charge in [0.2, 0.25) is 0 Å². The normalized spacial score (nSPS) is 16.8. The van der Waals surface area contributed by atoms with Crippen molar-refractivity contribution in [1.82, 2.24) is 5.32 Å². The summed E-state index contributed by atoms with van der Waals surface area (Å²) >= 11 is 3.34. The van der Waals surface area contributed by atoms with Crippen LogP contribution >= 0.6 is 15.9 Å². The molecular weight excluding hydrogens is 334 g/mol. The van der Waals surface area contributed by atoms with E-state index < -0.39 is 9.84 Å². The van der Waals surface area contributed by atoms with E-state index in [0.29, 0.717) is 24.5 Å². The number of amides is 1. The van der Waals surface area contributed by atoms with Crippen LogP contribution in [0, 0.1) is 0 Å². The fourth-order valence-corrected chi connectivity index (χ4v) is 4.28. The number of carbonyl (C=O) groups excluding carboxylic acids is 1. The van der Waals surface area contributed by atoms with Crippen LogP contribution in [-0.2, 0) is 9.84 Å². The quantitative estimate of drug-likeness (QED) is 0.836. The average Bonchev–Trinajstić information content (AvgIpc) is 2.49. The summed E-state index contributed by atoms with van der Waals surface area (Å²) in [5.74, 6) is 0.306. The van der Waals surface area contributed by atoms with E-state index in [0.717, 1.165) is 5.56 Å². The third-order valence-corrected chi connectivity index (χ3v) is 4.92. The molecule has 0 saturated carbocycles. The molecule has 1 amide bonds. The SMILES string of the molecule is CS(=O)(=O)CC(Br)c1ccc2c(c1)C(=O)NCCO2. The molecule has 0 aliphatic carbocycles. The van der Waals surface area contributed by atoms with Crippen LogP contribution in [0.4, 0.5) is 0 Å². The number of hydrogen-bond acceptors (Lipinski definition) is 4. The van der Waals surface area contributed by atoms with Crippen LogP contribution in [0.1, 0.15) is 20.7 Å². The summed E-state index contributed by atoms with van der Waals surface area (Å²) in [4.78, 5) is 11.5. The van der Waals surface area contributed by atoms with Crippen molar-refractivity contribution in [2.24, 2.45) is 0 Å². The first-order valence-corrected chi connectivity index (χ1v) is 8.71. The minimum Gasteiger partial charge on any atom is -0.491 e. The van der Waals surface area contributed by atoms with Crippen LogP contribution in [0.15, 0.2) is 18.2 Å². The maximum Gasteiger partial charge on any atom is 0.255 e. The van der Waals surface area contributed by atoms with Gasteiger partial charge >= 0.3 is 0 Å². The Kier molecular flexibility index (Phi) is 4.15. The van der Waals surface area contributed by atoms with Gasteiger partial charge in [-0.2, -0.15) is 0 Å². The van der Waals surface area contributed by atoms with Gasteiger partial charge in [0.25, 0.3) is 5.91 Å².